The zero-order chi connectivity index (χ0) is 24.0. The van der Waals surface area contributed by atoms with E-state index in [4.69, 9.17) is 23.1 Å². The van der Waals surface area contributed by atoms with Crippen molar-refractivity contribution in [2.45, 2.75) is 46.1 Å². The van der Waals surface area contributed by atoms with Crippen LogP contribution in [0.2, 0.25) is 5.02 Å². The number of carbonyl (C=O) groups excluding carboxylic acids is 3. The fourth-order valence-electron chi connectivity index (χ4n) is 3.06. The van der Waals surface area contributed by atoms with Gasteiger partial charge < -0.3 is 16.8 Å². The zero-order valence-corrected chi connectivity index (χ0v) is 19.7. The van der Waals surface area contributed by atoms with E-state index in [1.54, 1.807) is 0 Å². The van der Waals surface area contributed by atoms with Crippen LogP contribution in [0.25, 0.3) is 0 Å². The quantitative estimate of drug-likeness (QED) is 0.475. The molecular formula is C21H27ClFN5O3S. The number of nitrogens with zero attached hydrogens (tertiary/aromatic N) is 2. The van der Waals surface area contributed by atoms with Gasteiger partial charge in [0.1, 0.15) is 16.7 Å². The first-order valence-corrected chi connectivity index (χ1v) is 11.3. The van der Waals surface area contributed by atoms with Crippen LogP contribution in [0.1, 0.15) is 60.2 Å². The van der Waals surface area contributed by atoms with E-state index in [-0.39, 0.29) is 32.9 Å². The number of anilines is 2. The molecule has 32 heavy (non-hydrogen) atoms. The third kappa shape index (κ3) is 5.95. The first-order valence-electron chi connectivity index (χ1n) is 10.2. The summed E-state index contributed by atoms with van der Waals surface area (Å²) in [5, 5.41) is 2.66. The van der Waals surface area contributed by atoms with Gasteiger partial charge in [0.05, 0.1) is 10.7 Å². The molecule has 0 saturated heterocycles. The summed E-state index contributed by atoms with van der Waals surface area (Å²) < 4.78 is 17.7. The summed E-state index contributed by atoms with van der Waals surface area (Å²) in [5.41, 5.74) is 11.0. The molecular weight excluding hydrogens is 457 g/mol. The molecule has 0 saturated carbocycles. The van der Waals surface area contributed by atoms with Gasteiger partial charge >= 0.3 is 0 Å². The van der Waals surface area contributed by atoms with Crippen molar-refractivity contribution in [3.05, 3.63) is 39.6 Å². The molecule has 0 bridgehead atoms. The van der Waals surface area contributed by atoms with Gasteiger partial charge in [-0.2, -0.15) is 4.37 Å². The third-order valence-electron chi connectivity index (χ3n) is 4.75. The van der Waals surface area contributed by atoms with E-state index in [1.807, 2.05) is 20.8 Å². The number of primary amides is 1. The van der Waals surface area contributed by atoms with Gasteiger partial charge in [-0.15, -0.1) is 0 Å². The maximum atomic E-state index is 13.8. The highest BCUT2D eigenvalue weighted by molar-refractivity contribution is 7.09. The molecule has 2 aromatic rings. The number of nitrogens with two attached hydrogens (primary N) is 2. The molecule has 0 aliphatic rings. The summed E-state index contributed by atoms with van der Waals surface area (Å²) in [6.45, 7) is 6.39. The number of benzene rings is 1. The second kappa shape index (κ2) is 11.2. The molecule has 11 heteroatoms. The van der Waals surface area contributed by atoms with Gasteiger partial charge in [0.25, 0.3) is 11.8 Å². The van der Waals surface area contributed by atoms with E-state index in [0.29, 0.717) is 36.8 Å². The molecule has 5 N–H and O–H groups in total. The third-order valence-corrected chi connectivity index (χ3v) is 5.89. The van der Waals surface area contributed by atoms with Gasteiger partial charge in [-0.25, -0.2) is 4.39 Å². The van der Waals surface area contributed by atoms with Crippen molar-refractivity contribution in [2.24, 2.45) is 11.7 Å². The van der Waals surface area contributed by atoms with Crippen molar-refractivity contribution in [3.63, 3.8) is 0 Å². The van der Waals surface area contributed by atoms with E-state index < -0.39 is 23.7 Å². The largest absolute Gasteiger partial charge is 0.395 e. The molecule has 0 fully saturated rings. The second-order valence-electron chi connectivity index (χ2n) is 7.69. The normalized spacial score (nSPS) is 11.9. The smallest absolute Gasteiger partial charge is 0.272 e. The lowest BCUT2D eigenvalue weighted by Gasteiger charge is -2.31. The maximum absolute atomic E-state index is 13.8. The predicted octanol–water partition coefficient (Wildman–Crippen LogP) is 3.59. The van der Waals surface area contributed by atoms with Gasteiger partial charge in [-0.3, -0.25) is 19.3 Å². The molecule has 1 atom stereocenters. The van der Waals surface area contributed by atoms with E-state index in [0.717, 1.165) is 12.5 Å². The molecule has 1 aromatic heterocycles. The molecule has 8 nitrogen and oxygen atoms in total. The van der Waals surface area contributed by atoms with Gasteiger partial charge in [-0.05, 0) is 48.5 Å². The minimum Gasteiger partial charge on any atom is -0.395 e. The van der Waals surface area contributed by atoms with Crippen LogP contribution < -0.4 is 21.7 Å². The van der Waals surface area contributed by atoms with Crippen LogP contribution >= 0.6 is 23.1 Å². The van der Waals surface area contributed by atoms with Crippen LogP contribution in [0.4, 0.5) is 15.8 Å². The Morgan fingerprint density at radius 3 is 2.50 bits per heavy atom. The van der Waals surface area contributed by atoms with Crippen molar-refractivity contribution in [1.29, 1.82) is 0 Å². The Hall–Kier alpha value is -2.72. The van der Waals surface area contributed by atoms with Crippen LogP contribution in [0.5, 0.6) is 0 Å². The Morgan fingerprint density at radius 2 is 1.97 bits per heavy atom. The summed E-state index contributed by atoms with van der Waals surface area (Å²) in [6, 6.07) is 2.82. The average Bonchev–Trinajstić information content (AvgIpc) is 3.11. The van der Waals surface area contributed by atoms with Gasteiger partial charge in [-0.1, -0.05) is 38.8 Å². The molecule has 0 spiro atoms. The van der Waals surface area contributed by atoms with Crippen molar-refractivity contribution >= 4 is 52.2 Å². The van der Waals surface area contributed by atoms with Gasteiger partial charge in [0, 0.05) is 12.2 Å². The minimum absolute atomic E-state index is 0.0460. The summed E-state index contributed by atoms with van der Waals surface area (Å²) in [5.74, 6) is -2.17. The van der Waals surface area contributed by atoms with E-state index in [9.17, 15) is 18.8 Å². The van der Waals surface area contributed by atoms with Gasteiger partial charge in [0.15, 0.2) is 5.69 Å². The number of rotatable bonds is 10. The highest BCUT2D eigenvalue weighted by Crippen LogP contribution is 2.31. The Morgan fingerprint density at radius 1 is 1.28 bits per heavy atom. The van der Waals surface area contributed by atoms with Crippen LogP contribution in [0, 0.1) is 11.7 Å². The molecule has 0 radical (unpaired) electrons. The Labute approximate surface area is 195 Å². The molecule has 3 amide bonds. The van der Waals surface area contributed by atoms with Crippen LogP contribution in [-0.4, -0.2) is 34.7 Å². The second-order valence-corrected chi connectivity index (χ2v) is 8.87. The van der Waals surface area contributed by atoms with Crippen molar-refractivity contribution in [2.75, 3.05) is 17.2 Å². The van der Waals surface area contributed by atoms with Crippen LogP contribution in [0.3, 0.4) is 0 Å². The number of carbonyl (C=O) groups is 3. The predicted molar refractivity (Wildman–Crippen MR) is 124 cm³/mol. The Kier molecular flexibility index (Phi) is 8.97. The molecule has 0 aliphatic heterocycles. The number of hydrogen-bond donors (Lipinski definition) is 3. The minimum atomic E-state index is -0.917. The summed E-state index contributed by atoms with van der Waals surface area (Å²) in [4.78, 5) is 39.3. The van der Waals surface area contributed by atoms with Gasteiger partial charge in [0.2, 0.25) is 5.91 Å². The summed E-state index contributed by atoms with van der Waals surface area (Å²) >= 11 is 6.66. The van der Waals surface area contributed by atoms with E-state index in [1.165, 1.54) is 17.0 Å². The van der Waals surface area contributed by atoms with Crippen molar-refractivity contribution < 1.29 is 18.8 Å². The van der Waals surface area contributed by atoms with Crippen molar-refractivity contribution in [3.8, 4) is 0 Å². The number of aromatic nitrogens is 1. The molecule has 174 valence electrons. The first kappa shape index (κ1) is 25.5. The van der Waals surface area contributed by atoms with Crippen LogP contribution in [0.15, 0.2) is 18.2 Å². The molecule has 0 unspecified atom stereocenters. The fraction of sp³-hybridized carbons (Fsp3) is 0.429. The molecule has 2 rings (SSSR count). The van der Waals surface area contributed by atoms with E-state index >= 15 is 0 Å². The van der Waals surface area contributed by atoms with Crippen molar-refractivity contribution in [1.82, 2.24) is 9.69 Å². The zero-order valence-electron chi connectivity index (χ0n) is 18.2. The molecule has 1 heterocycles. The fourth-order valence-corrected chi connectivity index (χ4v) is 3.98. The average molecular weight is 484 g/mol. The maximum Gasteiger partial charge on any atom is 0.272 e. The monoisotopic (exact) mass is 483 g/mol. The number of nitrogens with one attached hydrogen (secondary N) is 1. The van der Waals surface area contributed by atoms with E-state index in [2.05, 4.69) is 9.69 Å². The number of halogens is 2. The standard InChI is InChI=1S/C21H27ClFN5O3S/c1-4-5-15(20(30)26-9-8-11(2)3)28(12-6-7-14(23)13(22)10-12)21(31)18-16(24)17(19(25)29)27-32-18/h6-7,10-11,15H,4-5,8-9,24H2,1-3H3,(H2,25,29)(H,26,30)/t15-/m1/s1. The van der Waals surface area contributed by atoms with Crippen LogP contribution in [-0.2, 0) is 4.79 Å². The lowest BCUT2D eigenvalue weighted by Crippen LogP contribution is -2.50. The molecule has 0 aliphatic carbocycles. The Balaban J connectivity index is 2.53. The SMILES string of the molecule is CCC[C@H](C(=O)NCCC(C)C)N(C(=O)c1snc(C(N)=O)c1N)c1ccc(F)c(Cl)c1. The first-order chi connectivity index (χ1) is 15.1. The Bertz CT molecular complexity index is 998. The summed E-state index contributed by atoms with van der Waals surface area (Å²) in [6.07, 6.45) is 1.69. The summed E-state index contributed by atoms with van der Waals surface area (Å²) in [7, 11) is 0. The number of hydrogen-bond acceptors (Lipinski definition) is 6. The highest BCUT2D eigenvalue weighted by Gasteiger charge is 2.34. The lowest BCUT2D eigenvalue weighted by atomic mass is 10.1. The highest BCUT2D eigenvalue weighted by atomic mass is 35.5. The molecule has 1 aromatic carbocycles. The lowest BCUT2D eigenvalue weighted by molar-refractivity contribution is -0.122. The number of nitrogen functional groups attached to an aromatic ring is 1. The number of amides is 3. The topological polar surface area (TPSA) is 131 Å².